The van der Waals surface area contributed by atoms with Crippen molar-refractivity contribution in [3.8, 4) is 0 Å². The van der Waals surface area contributed by atoms with Crippen molar-refractivity contribution in [3.63, 3.8) is 0 Å². The van der Waals surface area contributed by atoms with Crippen molar-refractivity contribution < 1.29 is 0 Å². The first-order chi connectivity index (χ1) is 7.51. The lowest BCUT2D eigenvalue weighted by atomic mass is 9.80. The molecule has 0 bridgehead atoms. The summed E-state index contributed by atoms with van der Waals surface area (Å²) in [4.78, 5) is 1.27. The second kappa shape index (κ2) is 6.49. The summed E-state index contributed by atoms with van der Waals surface area (Å²) < 4.78 is 0.831. The third-order valence-corrected chi connectivity index (χ3v) is 4.95. The first kappa shape index (κ1) is 14.6. The van der Waals surface area contributed by atoms with Gasteiger partial charge in [-0.15, -0.1) is 34.5 Å². The van der Waals surface area contributed by atoms with Crippen molar-refractivity contribution in [3.05, 3.63) is 21.3 Å². The van der Waals surface area contributed by atoms with E-state index in [0.29, 0.717) is 17.7 Å². The van der Waals surface area contributed by atoms with Gasteiger partial charge in [-0.3, -0.25) is 0 Å². The zero-order valence-electron chi connectivity index (χ0n) is 9.60. The van der Waals surface area contributed by atoms with Gasteiger partial charge in [0.05, 0.1) is 4.34 Å². The molecule has 0 radical (unpaired) electrons. The fraction of sp³-hybridized carbons (Fsp3) is 0.667. The van der Waals surface area contributed by atoms with Crippen LogP contribution in [0.5, 0.6) is 0 Å². The highest BCUT2D eigenvalue weighted by atomic mass is 35.5. The molecule has 1 aromatic rings. The first-order valence-electron chi connectivity index (χ1n) is 5.37. The Bertz CT molecular complexity index is 316. The summed E-state index contributed by atoms with van der Waals surface area (Å²) in [5.41, 5.74) is 0.00542. The molecule has 92 valence electrons. The maximum Gasteiger partial charge on any atom is 0.0931 e. The summed E-state index contributed by atoms with van der Waals surface area (Å²) in [5, 5.41) is 0. The predicted octanol–water partition coefficient (Wildman–Crippen LogP) is 5.45. The fourth-order valence-corrected chi connectivity index (χ4v) is 3.95. The minimum Gasteiger partial charge on any atom is -0.128 e. The Kier molecular flexibility index (Phi) is 5.93. The zero-order valence-corrected chi connectivity index (χ0v) is 12.7. The third kappa shape index (κ3) is 4.10. The Morgan fingerprint density at radius 1 is 1.25 bits per heavy atom. The Morgan fingerprint density at radius 3 is 2.25 bits per heavy atom. The number of hydrogen-bond donors (Lipinski definition) is 0. The molecule has 0 nitrogen and oxygen atoms in total. The minimum atomic E-state index is 0.00542. The number of hydrogen-bond acceptors (Lipinski definition) is 1. The largest absolute Gasteiger partial charge is 0.128 e. The van der Waals surface area contributed by atoms with Crippen LogP contribution in [-0.4, -0.2) is 11.8 Å². The van der Waals surface area contributed by atoms with Gasteiger partial charge in [-0.2, -0.15) is 0 Å². The SMILES string of the molecule is CC(C)CC(CCl)(CCl)Cc1ccc(Cl)s1. The molecule has 1 rings (SSSR count). The van der Waals surface area contributed by atoms with Crippen molar-refractivity contribution >= 4 is 46.1 Å². The minimum absolute atomic E-state index is 0.00542. The van der Waals surface area contributed by atoms with E-state index in [1.54, 1.807) is 11.3 Å². The Morgan fingerprint density at radius 2 is 1.88 bits per heavy atom. The summed E-state index contributed by atoms with van der Waals surface area (Å²) in [6, 6.07) is 4.01. The maximum atomic E-state index is 6.11. The van der Waals surface area contributed by atoms with E-state index in [1.807, 2.05) is 6.07 Å². The van der Waals surface area contributed by atoms with Crippen LogP contribution >= 0.6 is 46.1 Å². The van der Waals surface area contributed by atoms with Gasteiger partial charge >= 0.3 is 0 Å². The average molecular weight is 300 g/mol. The molecule has 0 aliphatic heterocycles. The van der Waals surface area contributed by atoms with Gasteiger partial charge < -0.3 is 0 Å². The van der Waals surface area contributed by atoms with Crippen molar-refractivity contribution in [2.45, 2.75) is 26.7 Å². The molecule has 0 aliphatic carbocycles. The van der Waals surface area contributed by atoms with E-state index >= 15 is 0 Å². The monoisotopic (exact) mass is 298 g/mol. The summed E-state index contributed by atoms with van der Waals surface area (Å²) >= 11 is 19.8. The highest BCUT2D eigenvalue weighted by molar-refractivity contribution is 7.16. The maximum absolute atomic E-state index is 6.11. The van der Waals surface area contributed by atoms with Crippen molar-refractivity contribution in [2.24, 2.45) is 11.3 Å². The van der Waals surface area contributed by atoms with Crippen LogP contribution in [0, 0.1) is 11.3 Å². The van der Waals surface area contributed by atoms with Crippen LogP contribution in [0.3, 0.4) is 0 Å². The smallest absolute Gasteiger partial charge is 0.0931 e. The van der Waals surface area contributed by atoms with E-state index in [9.17, 15) is 0 Å². The van der Waals surface area contributed by atoms with Gasteiger partial charge in [-0.1, -0.05) is 25.4 Å². The number of rotatable bonds is 6. The molecule has 0 atom stereocenters. The molecule has 1 aromatic heterocycles. The lowest BCUT2D eigenvalue weighted by Crippen LogP contribution is -2.29. The van der Waals surface area contributed by atoms with E-state index < -0.39 is 0 Å². The highest BCUT2D eigenvalue weighted by Crippen LogP contribution is 2.36. The Balaban J connectivity index is 2.77. The molecule has 0 unspecified atom stereocenters. The highest BCUT2D eigenvalue weighted by Gasteiger charge is 2.30. The summed E-state index contributed by atoms with van der Waals surface area (Å²) in [6.45, 7) is 4.41. The van der Waals surface area contributed by atoms with Crippen LogP contribution < -0.4 is 0 Å². The number of alkyl halides is 2. The van der Waals surface area contributed by atoms with Gasteiger partial charge in [0.1, 0.15) is 0 Å². The molecule has 0 saturated heterocycles. The lowest BCUT2D eigenvalue weighted by Gasteiger charge is -2.31. The second-order valence-corrected chi connectivity index (χ2v) is 7.08. The molecule has 0 aliphatic rings. The molecule has 0 amide bonds. The van der Waals surface area contributed by atoms with Crippen LogP contribution in [-0.2, 0) is 6.42 Å². The van der Waals surface area contributed by atoms with E-state index in [-0.39, 0.29) is 5.41 Å². The van der Waals surface area contributed by atoms with Gasteiger partial charge in [0.2, 0.25) is 0 Å². The van der Waals surface area contributed by atoms with Gasteiger partial charge in [0.25, 0.3) is 0 Å². The molecule has 1 heterocycles. The molecule has 0 fully saturated rings. The number of thiophene rings is 1. The first-order valence-corrected chi connectivity index (χ1v) is 7.64. The quantitative estimate of drug-likeness (QED) is 0.612. The summed E-state index contributed by atoms with van der Waals surface area (Å²) in [7, 11) is 0. The standard InChI is InChI=1S/C12H17Cl3S/c1-9(2)5-12(7-13,8-14)6-10-3-4-11(15)16-10/h3-4,9H,5-8H2,1-2H3. The summed E-state index contributed by atoms with van der Waals surface area (Å²) in [5.74, 6) is 1.81. The molecule has 4 heteroatoms. The van der Waals surface area contributed by atoms with E-state index in [0.717, 1.165) is 17.2 Å². The molecule has 0 saturated carbocycles. The number of halogens is 3. The van der Waals surface area contributed by atoms with Gasteiger partial charge in [0.15, 0.2) is 0 Å². The Labute approximate surface area is 117 Å². The van der Waals surface area contributed by atoms with Crippen LogP contribution in [0.15, 0.2) is 12.1 Å². The molecule has 16 heavy (non-hydrogen) atoms. The second-order valence-electron chi connectivity index (χ2n) is 4.75. The fourth-order valence-electron chi connectivity index (χ4n) is 1.99. The van der Waals surface area contributed by atoms with Crippen LogP contribution in [0.4, 0.5) is 0 Å². The van der Waals surface area contributed by atoms with Crippen LogP contribution in [0.25, 0.3) is 0 Å². The van der Waals surface area contributed by atoms with Crippen LogP contribution in [0.2, 0.25) is 4.34 Å². The lowest BCUT2D eigenvalue weighted by molar-refractivity contribution is 0.297. The van der Waals surface area contributed by atoms with E-state index in [4.69, 9.17) is 34.8 Å². The normalized spacial score (nSPS) is 12.4. The van der Waals surface area contributed by atoms with Crippen molar-refractivity contribution in [1.29, 1.82) is 0 Å². The van der Waals surface area contributed by atoms with Gasteiger partial charge in [-0.05, 0) is 30.9 Å². The van der Waals surface area contributed by atoms with Crippen molar-refractivity contribution in [1.82, 2.24) is 0 Å². The van der Waals surface area contributed by atoms with E-state index in [2.05, 4.69) is 19.9 Å². The van der Waals surface area contributed by atoms with Crippen molar-refractivity contribution in [2.75, 3.05) is 11.8 Å². The van der Waals surface area contributed by atoms with E-state index in [1.165, 1.54) is 4.88 Å². The van der Waals surface area contributed by atoms with Crippen LogP contribution in [0.1, 0.15) is 25.1 Å². The summed E-state index contributed by atoms with van der Waals surface area (Å²) in [6.07, 6.45) is 1.98. The molecule has 0 spiro atoms. The molecular formula is C12H17Cl3S. The Hall–Kier alpha value is 0.570. The molecular weight excluding hydrogens is 283 g/mol. The molecule has 0 aromatic carbocycles. The zero-order chi connectivity index (χ0) is 12.2. The third-order valence-electron chi connectivity index (χ3n) is 2.59. The topological polar surface area (TPSA) is 0 Å². The van der Waals surface area contributed by atoms with Gasteiger partial charge in [0, 0.05) is 22.1 Å². The van der Waals surface area contributed by atoms with Gasteiger partial charge in [-0.25, -0.2) is 0 Å². The predicted molar refractivity (Wildman–Crippen MR) is 76.4 cm³/mol. The average Bonchev–Trinajstić information content (AvgIpc) is 2.62. The molecule has 0 N–H and O–H groups in total.